The average Bonchev–Trinajstić information content (AvgIpc) is 2.76. The molecule has 0 aliphatic carbocycles. The van der Waals surface area contributed by atoms with Gasteiger partial charge in [-0.2, -0.15) is 0 Å². The number of rotatable bonds is 7. The number of carbonyl (C=O) groups is 2. The largest absolute Gasteiger partial charge is 0.508 e. The molecule has 0 amide bonds. The van der Waals surface area contributed by atoms with Crippen LogP contribution in [0.2, 0.25) is 0 Å². The second-order valence-electron chi connectivity index (χ2n) is 8.95. The third kappa shape index (κ3) is 6.45. The van der Waals surface area contributed by atoms with Crippen molar-refractivity contribution in [2.24, 2.45) is 5.41 Å². The number of allylic oxidation sites excluding steroid dienone is 3. The third-order valence-electron chi connectivity index (χ3n) is 5.95. The van der Waals surface area contributed by atoms with Crippen molar-refractivity contribution < 1.29 is 24.5 Å². The van der Waals surface area contributed by atoms with Crippen molar-refractivity contribution in [1.82, 2.24) is 0 Å². The first kappa shape index (κ1) is 24.1. The van der Waals surface area contributed by atoms with Crippen LogP contribution in [0.1, 0.15) is 56.2 Å². The second kappa shape index (κ2) is 10.3. The molecule has 1 aliphatic rings. The summed E-state index contributed by atoms with van der Waals surface area (Å²) in [6.07, 6.45) is 7.53. The summed E-state index contributed by atoms with van der Waals surface area (Å²) in [5.74, 6) is -0.824. The van der Waals surface area contributed by atoms with E-state index in [0.717, 1.165) is 11.1 Å². The predicted octanol–water partition coefficient (Wildman–Crippen LogP) is 5.97. The van der Waals surface area contributed by atoms with Gasteiger partial charge >= 0.3 is 11.9 Å². The van der Waals surface area contributed by atoms with E-state index >= 15 is 0 Å². The highest BCUT2D eigenvalue weighted by Crippen LogP contribution is 2.42. The number of carboxylic acid groups (broad SMARTS) is 1. The van der Waals surface area contributed by atoms with Gasteiger partial charge in [0.05, 0.1) is 13.0 Å². The zero-order valence-electron chi connectivity index (χ0n) is 19.2. The molecular formula is C28H30O5. The Labute approximate surface area is 194 Å². The van der Waals surface area contributed by atoms with E-state index in [1.807, 2.05) is 37.3 Å². The monoisotopic (exact) mass is 446 g/mol. The fourth-order valence-corrected chi connectivity index (χ4v) is 3.95. The minimum absolute atomic E-state index is 0.107. The Bertz CT molecular complexity index is 1090. The standard InChI is InChI=1S/C28H30O5/c1-19(2)22-9-4-20(5-10-22)6-11-23(16-21-7-12-24(29)13-8-21)25(17-26(30)31)28(3)14-15-33-27(32)18-28/h4-13,16-17,19,29H,14-15,18H2,1-3H3,(H,30,31). The number of esters is 1. The summed E-state index contributed by atoms with van der Waals surface area (Å²) in [5.41, 5.74) is 3.61. The van der Waals surface area contributed by atoms with E-state index in [2.05, 4.69) is 26.0 Å². The van der Waals surface area contributed by atoms with Crippen LogP contribution in [0.3, 0.4) is 0 Å². The summed E-state index contributed by atoms with van der Waals surface area (Å²) in [6, 6.07) is 14.9. The smallest absolute Gasteiger partial charge is 0.328 e. The van der Waals surface area contributed by atoms with Gasteiger partial charge in [-0.15, -0.1) is 0 Å². The number of cyclic esters (lactones) is 1. The predicted molar refractivity (Wildman–Crippen MR) is 130 cm³/mol. The van der Waals surface area contributed by atoms with Crippen LogP contribution >= 0.6 is 0 Å². The molecule has 5 heteroatoms. The lowest BCUT2D eigenvalue weighted by Crippen LogP contribution is -2.32. The SMILES string of the molecule is CC(C)c1ccc(C=CC(=Cc2ccc(O)cc2)C(=CC(=O)O)C2(C)CCOC(=O)C2)cc1. The van der Waals surface area contributed by atoms with Gasteiger partial charge in [-0.3, -0.25) is 4.79 Å². The minimum Gasteiger partial charge on any atom is -0.508 e. The maximum atomic E-state index is 12.1. The molecule has 1 fully saturated rings. The van der Waals surface area contributed by atoms with Crippen LogP contribution in [-0.4, -0.2) is 28.8 Å². The number of aromatic hydroxyl groups is 1. The minimum atomic E-state index is -1.07. The van der Waals surface area contributed by atoms with Crippen molar-refractivity contribution in [2.45, 2.75) is 39.5 Å². The van der Waals surface area contributed by atoms with Crippen LogP contribution < -0.4 is 0 Å². The lowest BCUT2D eigenvalue weighted by molar-refractivity contribution is -0.151. The highest BCUT2D eigenvalue weighted by atomic mass is 16.5. The van der Waals surface area contributed by atoms with Crippen molar-refractivity contribution in [2.75, 3.05) is 6.61 Å². The van der Waals surface area contributed by atoms with Crippen molar-refractivity contribution >= 4 is 24.1 Å². The number of hydrogen-bond acceptors (Lipinski definition) is 4. The number of benzene rings is 2. The van der Waals surface area contributed by atoms with Gasteiger partial charge in [0.15, 0.2) is 0 Å². The van der Waals surface area contributed by atoms with Crippen molar-refractivity contribution in [3.8, 4) is 5.75 Å². The zero-order chi connectivity index (χ0) is 24.0. The molecule has 0 spiro atoms. The van der Waals surface area contributed by atoms with Crippen LogP contribution in [-0.2, 0) is 14.3 Å². The molecule has 172 valence electrons. The molecule has 1 saturated heterocycles. The highest BCUT2D eigenvalue weighted by molar-refractivity contribution is 5.85. The third-order valence-corrected chi connectivity index (χ3v) is 5.95. The molecule has 0 aromatic heterocycles. The molecule has 2 aromatic rings. The molecule has 5 nitrogen and oxygen atoms in total. The van der Waals surface area contributed by atoms with Crippen molar-refractivity contribution in [3.05, 3.63) is 88.5 Å². The summed E-state index contributed by atoms with van der Waals surface area (Å²) in [6.45, 7) is 6.43. The molecule has 33 heavy (non-hydrogen) atoms. The Kier molecular flexibility index (Phi) is 7.54. The van der Waals surface area contributed by atoms with E-state index in [4.69, 9.17) is 4.74 Å². The van der Waals surface area contributed by atoms with Gasteiger partial charge in [0.2, 0.25) is 0 Å². The van der Waals surface area contributed by atoms with Crippen LogP contribution in [0.5, 0.6) is 5.75 Å². The molecule has 0 radical (unpaired) electrons. The number of carboxylic acids is 1. The van der Waals surface area contributed by atoms with E-state index in [-0.39, 0.29) is 24.7 Å². The van der Waals surface area contributed by atoms with E-state index in [1.54, 1.807) is 24.3 Å². The Hall–Kier alpha value is -3.60. The zero-order valence-corrected chi connectivity index (χ0v) is 19.2. The number of aliphatic carboxylic acids is 1. The molecule has 0 bridgehead atoms. The molecule has 1 atom stereocenters. The fraction of sp³-hybridized carbons (Fsp3) is 0.286. The Morgan fingerprint density at radius 1 is 1.06 bits per heavy atom. The Morgan fingerprint density at radius 2 is 1.70 bits per heavy atom. The molecule has 3 rings (SSSR count). The summed E-state index contributed by atoms with van der Waals surface area (Å²) >= 11 is 0. The van der Waals surface area contributed by atoms with Gasteiger partial charge in [0.1, 0.15) is 5.75 Å². The number of hydrogen-bond donors (Lipinski definition) is 2. The maximum absolute atomic E-state index is 12.1. The van der Waals surface area contributed by atoms with Crippen LogP contribution in [0.4, 0.5) is 0 Å². The Morgan fingerprint density at radius 3 is 2.27 bits per heavy atom. The number of phenols is 1. The van der Waals surface area contributed by atoms with Crippen LogP contribution in [0, 0.1) is 5.41 Å². The number of ether oxygens (including phenoxy) is 1. The molecular weight excluding hydrogens is 416 g/mol. The fourth-order valence-electron chi connectivity index (χ4n) is 3.95. The lowest BCUT2D eigenvalue weighted by Gasteiger charge is -2.35. The first-order valence-corrected chi connectivity index (χ1v) is 11.1. The van der Waals surface area contributed by atoms with E-state index in [0.29, 0.717) is 23.5 Å². The topological polar surface area (TPSA) is 83.8 Å². The van der Waals surface area contributed by atoms with E-state index in [9.17, 15) is 19.8 Å². The number of carbonyl (C=O) groups excluding carboxylic acids is 1. The van der Waals surface area contributed by atoms with E-state index in [1.165, 1.54) is 11.6 Å². The van der Waals surface area contributed by atoms with Gasteiger partial charge in [0, 0.05) is 11.5 Å². The van der Waals surface area contributed by atoms with Gasteiger partial charge in [-0.1, -0.05) is 69.3 Å². The van der Waals surface area contributed by atoms with Crippen LogP contribution in [0.25, 0.3) is 12.2 Å². The molecule has 0 saturated carbocycles. The summed E-state index contributed by atoms with van der Waals surface area (Å²) in [5, 5.41) is 19.3. The molecule has 2 N–H and O–H groups in total. The molecule has 1 unspecified atom stereocenters. The highest BCUT2D eigenvalue weighted by Gasteiger charge is 2.37. The molecule has 1 heterocycles. The first-order chi connectivity index (χ1) is 15.7. The summed E-state index contributed by atoms with van der Waals surface area (Å²) in [4.78, 5) is 23.9. The molecule has 2 aromatic carbocycles. The number of phenolic OH excluding ortho intramolecular Hbond substituents is 1. The summed E-state index contributed by atoms with van der Waals surface area (Å²) < 4.78 is 5.12. The Balaban J connectivity index is 2.08. The van der Waals surface area contributed by atoms with Gasteiger partial charge in [-0.25, -0.2) is 4.79 Å². The second-order valence-corrected chi connectivity index (χ2v) is 8.95. The van der Waals surface area contributed by atoms with Crippen molar-refractivity contribution in [3.63, 3.8) is 0 Å². The lowest BCUT2D eigenvalue weighted by atomic mass is 9.72. The normalized spacial score (nSPS) is 19.7. The quantitative estimate of drug-likeness (QED) is 0.311. The van der Waals surface area contributed by atoms with E-state index < -0.39 is 11.4 Å². The summed E-state index contributed by atoms with van der Waals surface area (Å²) in [7, 11) is 0. The maximum Gasteiger partial charge on any atom is 0.328 e. The van der Waals surface area contributed by atoms with Crippen molar-refractivity contribution in [1.29, 1.82) is 0 Å². The van der Waals surface area contributed by atoms with Gasteiger partial charge < -0.3 is 14.9 Å². The molecule has 1 aliphatic heterocycles. The van der Waals surface area contributed by atoms with Gasteiger partial charge in [0.25, 0.3) is 0 Å². The van der Waals surface area contributed by atoms with Gasteiger partial charge in [-0.05, 0) is 58.4 Å². The first-order valence-electron chi connectivity index (χ1n) is 11.1. The van der Waals surface area contributed by atoms with Crippen LogP contribution in [0.15, 0.2) is 71.8 Å². The average molecular weight is 447 g/mol.